The van der Waals surface area contributed by atoms with E-state index in [0.29, 0.717) is 29.9 Å². The average molecular weight is 552 g/mol. The van der Waals surface area contributed by atoms with Crippen LogP contribution in [0.4, 0.5) is 5.69 Å². The zero-order valence-electron chi connectivity index (χ0n) is 23.4. The Hall–Kier alpha value is -5.00. The quantitative estimate of drug-likeness (QED) is 0.234. The van der Waals surface area contributed by atoms with Gasteiger partial charge in [0.25, 0.3) is 11.8 Å². The van der Waals surface area contributed by atoms with E-state index >= 15 is 0 Å². The number of hydrogen-bond donors (Lipinski definition) is 1. The van der Waals surface area contributed by atoms with Crippen molar-refractivity contribution >= 4 is 17.5 Å². The Morgan fingerprint density at radius 2 is 1.05 bits per heavy atom. The smallest absolute Gasteiger partial charge is 0.256 e. The van der Waals surface area contributed by atoms with Crippen LogP contribution in [0.15, 0.2) is 140 Å². The van der Waals surface area contributed by atoms with E-state index in [9.17, 15) is 9.59 Å². The van der Waals surface area contributed by atoms with Gasteiger partial charge in [0.2, 0.25) is 0 Å². The Kier molecular flexibility index (Phi) is 8.20. The largest absolute Gasteiger partial charge is 0.336 e. The number of amides is 2. The van der Waals surface area contributed by atoms with Gasteiger partial charge in [-0.2, -0.15) is 0 Å². The van der Waals surface area contributed by atoms with Gasteiger partial charge >= 0.3 is 0 Å². The number of anilines is 1. The summed E-state index contributed by atoms with van der Waals surface area (Å²) < 4.78 is 0. The molecule has 2 amide bonds. The molecule has 0 aromatic heterocycles. The maximum absolute atomic E-state index is 13.7. The predicted octanol–water partition coefficient (Wildman–Crippen LogP) is 7.15. The number of nitrogens with one attached hydrogen (secondary N) is 1. The Labute approximate surface area is 247 Å². The Morgan fingerprint density at radius 1 is 0.548 bits per heavy atom. The zero-order valence-corrected chi connectivity index (χ0v) is 23.4. The van der Waals surface area contributed by atoms with Crippen LogP contribution in [0.5, 0.6) is 0 Å². The van der Waals surface area contributed by atoms with Gasteiger partial charge < -0.3 is 10.2 Å². The van der Waals surface area contributed by atoms with Gasteiger partial charge in [0.15, 0.2) is 0 Å². The van der Waals surface area contributed by atoms with Crippen LogP contribution in [0, 0.1) is 0 Å². The van der Waals surface area contributed by atoms with E-state index in [1.165, 1.54) is 11.1 Å². The molecule has 1 N–H and O–H groups in total. The molecule has 1 saturated heterocycles. The third kappa shape index (κ3) is 6.02. The van der Waals surface area contributed by atoms with Crippen LogP contribution in [-0.2, 0) is 0 Å². The van der Waals surface area contributed by atoms with E-state index in [0.717, 1.165) is 24.2 Å². The van der Waals surface area contributed by atoms with Gasteiger partial charge in [0.1, 0.15) is 0 Å². The van der Waals surface area contributed by atoms with Crippen molar-refractivity contribution in [2.45, 2.75) is 6.04 Å². The molecule has 6 rings (SSSR count). The van der Waals surface area contributed by atoms with Crippen molar-refractivity contribution in [3.05, 3.63) is 162 Å². The van der Waals surface area contributed by atoms with Crippen LogP contribution >= 0.6 is 0 Å². The summed E-state index contributed by atoms with van der Waals surface area (Å²) in [6.45, 7) is 2.72. The summed E-state index contributed by atoms with van der Waals surface area (Å²) >= 11 is 0. The fraction of sp³-hybridized carbons (Fsp3) is 0.135. The van der Waals surface area contributed by atoms with E-state index in [1.807, 2.05) is 83.8 Å². The highest BCUT2D eigenvalue weighted by Gasteiger charge is 2.29. The van der Waals surface area contributed by atoms with Crippen molar-refractivity contribution in [3.8, 4) is 11.1 Å². The molecule has 5 aromatic carbocycles. The van der Waals surface area contributed by atoms with Gasteiger partial charge in [0, 0.05) is 31.7 Å². The van der Waals surface area contributed by atoms with E-state index in [-0.39, 0.29) is 17.9 Å². The Morgan fingerprint density at radius 3 is 1.64 bits per heavy atom. The lowest BCUT2D eigenvalue weighted by Gasteiger charge is -2.40. The average Bonchev–Trinajstić information content (AvgIpc) is 3.07. The fourth-order valence-corrected chi connectivity index (χ4v) is 5.66. The third-order valence-electron chi connectivity index (χ3n) is 7.86. The minimum atomic E-state index is -0.242. The highest BCUT2D eigenvalue weighted by molar-refractivity contribution is 6.09. The molecule has 0 atom stereocenters. The lowest BCUT2D eigenvalue weighted by atomic mass is 9.96. The molecule has 0 unspecified atom stereocenters. The molecule has 1 fully saturated rings. The molecule has 5 heteroatoms. The minimum Gasteiger partial charge on any atom is -0.336 e. The number of benzene rings is 5. The molecule has 1 aliphatic rings. The second kappa shape index (κ2) is 12.7. The first kappa shape index (κ1) is 27.2. The summed E-state index contributed by atoms with van der Waals surface area (Å²) in [5, 5.41) is 2.98. The summed E-state index contributed by atoms with van der Waals surface area (Å²) in [6, 6.07) is 46.0. The van der Waals surface area contributed by atoms with Gasteiger partial charge in [-0.3, -0.25) is 14.5 Å². The Balaban J connectivity index is 1.14. The molecule has 0 bridgehead atoms. The molecule has 42 heavy (non-hydrogen) atoms. The van der Waals surface area contributed by atoms with E-state index in [2.05, 4.69) is 58.7 Å². The molecule has 0 saturated carbocycles. The van der Waals surface area contributed by atoms with E-state index < -0.39 is 0 Å². The molecule has 1 heterocycles. The van der Waals surface area contributed by atoms with Crippen LogP contribution < -0.4 is 5.32 Å². The van der Waals surface area contributed by atoms with Crippen LogP contribution in [0.3, 0.4) is 0 Å². The normalized spacial score (nSPS) is 13.6. The summed E-state index contributed by atoms with van der Waals surface area (Å²) in [5.41, 5.74) is 6.19. The van der Waals surface area contributed by atoms with E-state index in [4.69, 9.17) is 0 Å². The maximum Gasteiger partial charge on any atom is 0.256 e. The van der Waals surface area contributed by atoms with Crippen molar-refractivity contribution in [2.75, 3.05) is 31.5 Å². The van der Waals surface area contributed by atoms with Crippen molar-refractivity contribution < 1.29 is 9.59 Å². The summed E-state index contributed by atoms with van der Waals surface area (Å²) in [4.78, 5) is 31.2. The van der Waals surface area contributed by atoms with Gasteiger partial charge in [-0.15, -0.1) is 0 Å². The molecule has 1 aliphatic heterocycles. The fourth-order valence-electron chi connectivity index (χ4n) is 5.66. The zero-order chi connectivity index (χ0) is 28.7. The van der Waals surface area contributed by atoms with E-state index in [1.54, 1.807) is 12.1 Å². The first-order valence-corrected chi connectivity index (χ1v) is 14.4. The van der Waals surface area contributed by atoms with Crippen molar-refractivity contribution in [1.82, 2.24) is 9.80 Å². The van der Waals surface area contributed by atoms with Crippen molar-refractivity contribution in [3.63, 3.8) is 0 Å². The van der Waals surface area contributed by atoms with Crippen LogP contribution in [0.25, 0.3) is 11.1 Å². The van der Waals surface area contributed by atoms with Crippen molar-refractivity contribution in [1.29, 1.82) is 0 Å². The molecule has 0 aliphatic carbocycles. The molecular formula is C37H33N3O2. The number of nitrogens with zero attached hydrogens (tertiary/aromatic N) is 2. The van der Waals surface area contributed by atoms with Gasteiger partial charge in [-0.1, -0.05) is 115 Å². The van der Waals surface area contributed by atoms with Crippen LogP contribution in [0.1, 0.15) is 37.9 Å². The highest BCUT2D eigenvalue weighted by atomic mass is 16.2. The second-order valence-electron chi connectivity index (χ2n) is 10.5. The lowest BCUT2D eigenvalue weighted by molar-refractivity contribution is 0.0598. The lowest BCUT2D eigenvalue weighted by Crippen LogP contribution is -2.50. The number of para-hydroxylation sites is 1. The molecule has 0 spiro atoms. The van der Waals surface area contributed by atoms with Gasteiger partial charge in [-0.25, -0.2) is 0 Å². The maximum atomic E-state index is 13.7. The highest BCUT2D eigenvalue weighted by Crippen LogP contribution is 2.30. The summed E-state index contributed by atoms with van der Waals surface area (Å²) in [5.74, 6) is -0.311. The van der Waals surface area contributed by atoms with Gasteiger partial charge in [0.05, 0.1) is 17.3 Å². The molecule has 5 nitrogen and oxygen atoms in total. The first-order valence-electron chi connectivity index (χ1n) is 14.4. The SMILES string of the molecule is O=C(Nc1ccccc1C(=O)N1CCN(C(c2ccccc2)c2ccccc2)CC1)c1ccc(-c2ccccc2)cc1. The summed E-state index contributed by atoms with van der Waals surface area (Å²) in [7, 11) is 0. The van der Waals surface area contributed by atoms with Crippen molar-refractivity contribution in [2.24, 2.45) is 0 Å². The second-order valence-corrected chi connectivity index (χ2v) is 10.5. The number of carbonyl (C=O) groups is 2. The Bertz CT molecular complexity index is 1590. The van der Waals surface area contributed by atoms with Crippen LogP contribution in [0.2, 0.25) is 0 Å². The molecule has 208 valence electrons. The predicted molar refractivity (Wildman–Crippen MR) is 168 cm³/mol. The van der Waals surface area contributed by atoms with Gasteiger partial charge in [-0.05, 0) is 46.5 Å². The minimum absolute atomic E-state index is 0.0686. The monoisotopic (exact) mass is 551 g/mol. The standard InChI is InChI=1S/C37H33N3O2/c41-36(32-22-20-29(21-23-32)28-12-4-1-5-13-28)38-34-19-11-10-18-33(34)37(42)40-26-24-39(25-27-40)35(30-14-6-2-7-15-30)31-16-8-3-9-17-31/h1-23,35H,24-27H2,(H,38,41). The number of hydrogen-bond acceptors (Lipinski definition) is 3. The first-order chi connectivity index (χ1) is 20.7. The molecule has 0 radical (unpaired) electrons. The topological polar surface area (TPSA) is 52.7 Å². The molecule has 5 aromatic rings. The summed E-state index contributed by atoms with van der Waals surface area (Å²) in [6.07, 6.45) is 0. The number of rotatable bonds is 7. The number of carbonyl (C=O) groups excluding carboxylic acids is 2. The van der Waals surface area contributed by atoms with Crippen LogP contribution in [-0.4, -0.2) is 47.8 Å². The number of piperazine rings is 1. The third-order valence-corrected chi connectivity index (χ3v) is 7.86. The molecular weight excluding hydrogens is 518 g/mol.